The highest BCUT2D eigenvalue weighted by Gasteiger charge is 2.50. The predicted molar refractivity (Wildman–Crippen MR) is 103 cm³/mol. The minimum Gasteiger partial charge on any atom is -0.478 e. The van der Waals surface area contributed by atoms with E-state index in [0.717, 1.165) is 0 Å². The number of nitrogens with one attached hydrogen (secondary N) is 1. The molecule has 10 unspecified atom stereocenters. The van der Waals surface area contributed by atoms with Crippen molar-refractivity contribution < 1.29 is 59.9 Å². The van der Waals surface area contributed by atoms with Gasteiger partial charge < -0.3 is 60.4 Å². The smallest absolute Gasteiger partial charge is 0.335 e. The summed E-state index contributed by atoms with van der Waals surface area (Å²) >= 11 is 0. The Kier molecular flexibility index (Phi) is 8.00. The van der Waals surface area contributed by atoms with Crippen LogP contribution in [0.1, 0.15) is 10.4 Å². The minimum absolute atomic E-state index is 0.0434. The minimum atomic E-state index is -1.75. The number of carboxylic acid groups (broad SMARTS) is 1. The molecular weight excluding hydrogens is 434 g/mol. The highest BCUT2D eigenvalue weighted by Crippen LogP contribution is 2.29. The van der Waals surface area contributed by atoms with E-state index < -0.39 is 80.5 Å². The molecule has 0 radical (unpaired) electrons. The topological polar surface area (TPSA) is 219 Å². The van der Waals surface area contributed by atoms with Crippen LogP contribution in [0.25, 0.3) is 0 Å². The third-order valence-corrected chi connectivity index (χ3v) is 5.44. The lowest BCUT2D eigenvalue weighted by atomic mass is 9.96. The molecule has 13 heteroatoms. The van der Waals surface area contributed by atoms with Gasteiger partial charge in [-0.15, -0.1) is 0 Å². The second-order valence-electron chi connectivity index (χ2n) is 7.58. The van der Waals surface area contributed by atoms with Crippen molar-refractivity contribution in [3.8, 4) is 0 Å². The summed E-state index contributed by atoms with van der Waals surface area (Å²) in [6, 6.07) is 5.50. The number of hydrogen-bond acceptors (Lipinski definition) is 12. The predicted octanol–water partition coefficient (Wildman–Crippen LogP) is -3.58. The Balaban J connectivity index is 1.70. The summed E-state index contributed by atoms with van der Waals surface area (Å²) in [4.78, 5) is 10.9. The summed E-state index contributed by atoms with van der Waals surface area (Å²) in [6.07, 6.45) is -15.0. The summed E-state index contributed by atoms with van der Waals surface area (Å²) in [5.41, 5.74) is 0.415. The molecule has 0 spiro atoms. The third-order valence-electron chi connectivity index (χ3n) is 5.44. The molecule has 2 fully saturated rings. The SMILES string of the molecule is O=C(O)c1ccc(NC2OC(CO)C(OC3OC(CO)C(O)C(O)C3O)C(O)C2O)cc1. The van der Waals surface area contributed by atoms with Gasteiger partial charge in [-0.3, -0.25) is 0 Å². The van der Waals surface area contributed by atoms with Gasteiger partial charge in [0.15, 0.2) is 12.5 Å². The van der Waals surface area contributed by atoms with Crippen LogP contribution in [0.15, 0.2) is 24.3 Å². The van der Waals surface area contributed by atoms with Crippen molar-refractivity contribution in [2.24, 2.45) is 0 Å². The van der Waals surface area contributed by atoms with E-state index in [9.17, 15) is 40.5 Å². The van der Waals surface area contributed by atoms with Gasteiger partial charge in [-0.2, -0.15) is 0 Å². The number of carboxylic acids is 1. The number of benzene rings is 1. The van der Waals surface area contributed by atoms with Crippen molar-refractivity contribution >= 4 is 11.7 Å². The lowest BCUT2D eigenvalue weighted by Crippen LogP contribution is -2.65. The van der Waals surface area contributed by atoms with Gasteiger partial charge in [0.25, 0.3) is 0 Å². The number of aromatic carboxylic acids is 1. The Bertz CT molecular complexity index is 759. The molecule has 0 aliphatic carbocycles. The zero-order valence-electron chi connectivity index (χ0n) is 16.7. The van der Waals surface area contributed by atoms with Gasteiger partial charge in [0.1, 0.15) is 48.8 Å². The average Bonchev–Trinajstić information content (AvgIpc) is 2.79. The first kappa shape index (κ1) is 24.7. The standard InChI is InChI=1S/C19H27NO12/c21-5-9-11(23)12(24)15(27)19(31-9)32-16-10(6-22)30-17(14(26)13(16)25)20-8-3-1-7(2-4-8)18(28)29/h1-4,9-17,19-27H,5-6H2,(H,28,29). The zero-order valence-corrected chi connectivity index (χ0v) is 16.7. The Hall–Kier alpha value is -1.91. The second-order valence-corrected chi connectivity index (χ2v) is 7.58. The van der Waals surface area contributed by atoms with Crippen molar-refractivity contribution in [2.75, 3.05) is 18.5 Å². The fourth-order valence-corrected chi connectivity index (χ4v) is 3.58. The van der Waals surface area contributed by atoms with Crippen LogP contribution in [-0.2, 0) is 14.2 Å². The Morgan fingerprint density at radius 2 is 1.47 bits per heavy atom. The molecule has 180 valence electrons. The van der Waals surface area contributed by atoms with Crippen LogP contribution in [0.5, 0.6) is 0 Å². The van der Waals surface area contributed by atoms with E-state index in [-0.39, 0.29) is 5.56 Å². The quantitative estimate of drug-likeness (QED) is 0.192. The number of carbonyl (C=O) groups is 1. The first-order chi connectivity index (χ1) is 15.2. The normalized spacial score (nSPS) is 40.1. The lowest BCUT2D eigenvalue weighted by Gasteiger charge is -2.46. The van der Waals surface area contributed by atoms with Crippen molar-refractivity contribution in [2.45, 2.75) is 61.3 Å². The Morgan fingerprint density at radius 3 is 2.03 bits per heavy atom. The lowest BCUT2D eigenvalue weighted by molar-refractivity contribution is -0.340. The molecule has 10 atom stereocenters. The van der Waals surface area contributed by atoms with E-state index in [0.29, 0.717) is 5.69 Å². The van der Waals surface area contributed by atoms with E-state index in [4.69, 9.17) is 19.3 Å². The third kappa shape index (κ3) is 5.02. The summed E-state index contributed by atoms with van der Waals surface area (Å²) in [5, 5.41) is 81.6. The van der Waals surface area contributed by atoms with Gasteiger partial charge in [0, 0.05) is 5.69 Å². The van der Waals surface area contributed by atoms with Crippen molar-refractivity contribution in [1.82, 2.24) is 0 Å². The maximum Gasteiger partial charge on any atom is 0.335 e. The molecule has 2 aliphatic heterocycles. The molecule has 1 aromatic carbocycles. The van der Waals surface area contributed by atoms with Crippen LogP contribution in [0.4, 0.5) is 5.69 Å². The number of aliphatic hydroxyl groups is 7. The molecule has 0 amide bonds. The monoisotopic (exact) mass is 461 g/mol. The van der Waals surface area contributed by atoms with E-state index in [1.165, 1.54) is 24.3 Å². The molecule has 2 heterocycles. The molecule has 13 nitrogen and oxygen atoms in total. The van der Waals surface area contributed by atoms with Crippen molar-refractivity contribution in [3.05, 3.63) is 29.8 Å². The Labute approximate surface area is 182 Å². The van der Waals surface area contributed by atoms with Crippen LogP contribution < -0.4 is 5.32 Å². The van der Waals surface area contributed by atoms with Crippen LogP contribution in [0, 0.1) is 0 Å². The molecule has 0 bridgehead atoms. The van der Waals surface area contributed by atoms with Gasteiger partial charge in [-0.05, 0) is 24.3 Å². The van der Waals surface area contributed by atoms with Crippen LogP contribution in [-0.4, -0.2) is 121 Å². The van der Waals surface area contributed by atoms with Crippen LogP contribution in [0.2, 0.25) is 0 Å². The highest BCUT2D eigenvalue weighted by atomic mass is 16.7. The molecule has 3 rings (SSSR count). The molecule has 0 saturated carbocycles. The molecule has 32 heavy (non-hydrogen) atoms. The summed E-state index contributed by atoms with van der Waals surface area (Å²) in [6.45, 7) is -1.35. The molecular formula is C19H27NO12. The molecule has 1 aromatic rings. The largest absolute Gasteiger partial charge is 0.478 e. The van der Waals surface area contributed by atoms with E-state index in [2.05, 4.69) is 5.32 Å². The molecule has 2 saturated heterocycles. The molecule has 9 N–H and O–H groups in total. The van der Waals surface area contributed by atoms with Gasteiger partial charge in [0.05, 0.1) is 18.8 Å². The fraction of sp³-hybridized carbons (Fsp3) is 0.632. The van der Waals surface area contributed by atoms with Crippen molar-refractivity contribution in [3.63, 3.8) is 0 Å². The zero-order chi connectivity index (χ0) is 23.6. The highest BCUT2D eigenvalue weighted by molar-refractivity contribution is 5.88. The number of hydrogen-bond donors (Lipinski definition) is 9. The first-order valence-corrected chi connectivity index (χ1v) is 9.86. The fourth-order valence-electron chi connectivity index (χ4n) is 3.58. The maximum absolute atomic E-state index is 10.9. The van der Waals surface area contributed by atoms with Gasteiger partial charge in [-0.25, -0.2) is 4.79 Å². The number of rotatable bonds is 7. The average molecular weight is 461 g/mol. The number of ether oxygens (including phenoxy) is 3. The number of anilines is 1. The van der Waals surface area contributed by atoms with Crippen molar-refractivity contribution in [1.29, 1.82) is 0 Å². The molecule has 0 aromatic heterocycles. The summed E-state index contributed by atoms with van der Waals surface area (Å²) < 4.78 is 16.3. The number of aliphatic hydroxyl groups excluding tert-OH is 7. The first-order valence-electron chi connectivity index (χ1n) is 9.86. The second kappa shape index (κ2) is 10.4. The van der Waals surface area contributed by atoms with E-state index in [1.807, 2.05) is 0 Å². The van der Waals surface area contributed by atoms with Gasteiger partial charge in [-0.1, -0.05) is 0 Å². The van der Waals surface area contributed by atoms with E-state index in [1.54, 1.807) is 0 Å². The van der Waals surface area contributed by atoms with Crippen LogP contribution >= 0.6 is 0 Å². The Morgan fingerprint density at radius 1 is 0.844 bits per heavy atom. The summed E-state index contributed by atoms with van der Waals surface area (Å²) in [5.74, 6) is -1.12. The van der Waals surface area contributed by atoms with Crippen LogP contribution in [0.3, 0.4) is 0 Å². The van der Waals surface area contributed by atoms with Gasteiger partial charge in [0.2, 0.25) is 0 Å². The van der Waals surface area contributed by atoms with E-state index >= 15 is 0 Å². The molecule has 2 aliphatic rings. The summed E-state index contributed by atoms with van der Waals surface area (Å²) in [7, 11) is 0. The maximum atomic E-state index is 10.9. The van der Waals surface area contributed by atoms with Gasteiger partial charge >= 0.3 is 5.97 Å².